The molecule has 485 valence electrons. The van der Waals surface area contributed by atoms with E-state index in [1.165, 1.54) is 33.2 Å². The average Bonchev–Trinajstić information content (AvgIpc) is 1.57. The van der Waals surface area contributed by atoms with Crippen LogP contribution in [-0.4, -0.2) is 121 Å². The molecule has 12 rings (SSSR count). The van der Waals surface area contributed by atoms with Crippen molar-refractivity contribution < 1.29 is 57.6 Å². The number of fused-ring (bicyclic) bond motifs is 6. The summed E-state index contributed by atoms with van der Waals surface area (Å²) in [6, 6.07) is -2.84. The third kappa shape index (κ3) is 12.1. The molecule has 0 saturated heterocycles. The number of carbonyl (C=O) groups is 3. The van der Waals surface area contributed by atoms with E-state index in [4.69, 9.17) is 30.4 Å². The van der Waals surface area contributed by atoms with E-state index in [1.54, 1.807) is 0 Å². The predicted octanol–water partition coefficient (Wildman–Crippen LogP) is 4.98. The smallest absolute Gasteiger partial charge is 0.354 e. The number of thiazole rings is 3. The zero-order valence-corrected chi connectivity index (χ0v) is 56.2. The number of rotatable bonds is 15. The van der Waals surface area contributed by atoms with Crippen LogP contribution in [-0.2, 0) is 109 Å². The maximum absolute atomic E-state index is 14.4. The summed E-state index contributed by atoms with van der Waals surface area (Å²) in [4.78, 5) is 70.3. The largest absolute Gasteiger partial charge is 0.393 e. The fourth-order valence-corrected chi connectivity index (χ4v) is 20.6. The Morgan fingerprint density at radius 2 is 1.05 bits per heavy atom. The quantitative estimate of drug-likeness (QED) is 0.0603. The number of pyridine rings is 3. The molecule has 6 aliphatic carbocycles. The van der Waals surface area contributed by atoms with Gasteiger partial charge in [0.15, 0.2) is 29.7 Å². The second-order valence-electron chi connectivity index (χ2n) is 25.5. The van der Waals surface area contributed by atoms with E-state index in [9.17, 15) is 57.6 Å². The number of aliphatic hydroxyl groups excluding tert-OH is 3. The molecule has 6 heterocycles. The highest BCUT2D eigenvalue weighted by molar-refractivity contribution is 7.94. The van der Waals surface area contributed by atoms with Crippen LogP contribution in [0.15, 0.2) is 44.3 Å². The number of aliphatic hydroxyl groups is 6. The number of amides is 6. The van der Waals surface area contributed by atoms with E-state index in [0.29, 0.717) is 93.4 Å². The first-order valence-electron chi connectivity index (χ1n) is 29.6. The zero-order valence-electron chi connectivity index (χ0n) is 50.3. The van der Waals surface area contributed by atoms with Gasteiger partial charge in [0.1, 0.15) is 44.5 Å². The van der Waals surface area contributed by atoms with E-state index in [2.05, 4.69) is 68.1 Å². The predicted molar refractivity (Wildman–Crippen MR) is 342 cm³/mol. The minimum atomic E-state index is -3.94. The van der Waals surface area contributed by atoms with Gasteiger partial charge < -0.3 is 46.6 Å². The molecule has 0 spiro atoms. The molecular formula is C57H70N15O12S6Si. The summed E-state index contributed by atoms with van der Waals surface area (Å²) >= 11 is 2.34. The Morgan fingerprint density at radius 3 is 1.57 bits per heavy atom. The fourth-order valence-electron chi connectivity index (χ4n) is 13.7. The Morgan fingerprint density at radius 1 is 0.604 bits per heavy atom. The fraction of sp³-hybridized carbons (Fsp3) is 0.526. The first-order chi connectivity index (χ1) is 42.7. The van der Waals surface area contributed by atoms with Crippen LogP contribution in [0.3, 0.4) is 0 Å². The number of aryl methyl sites for hydroxylation is 1. The summed E-state index contributed by atoms with van der Waals surface area (Å²) in [6.45, 7) is 6.17. The first kappa shape index (κ1) is 65.5. The highest BCUT2D eigenvalue weighted by Gasteiger charge is 2.50. The summed E-state index contributed by atoms with van der Waals surface area (Å²) in [5.41, 5.74) is 6.15. The molecule has 34 heteroatoms. The lowest BCUT2D eigenvalue weighted by Gasteiger charge is -2.32. The van der Waals surface area contributed by atoms with E-state index >= 15 is 0 Å². The van der Waals surface area contributed by atoms with E-state index < -0.39 is 89.5 Å². The van der Waals surface area contributed by atoms with Gasteiger partial charge >= 0.3 is 18.1 Å². The summed E-state index contributed by atoms with van der Waals surface area (Å²) < 4.78 is 53.4. The average molecular weight is 1380 g/mol. The van der Waals surface area contributed by atoms with Gasteiger partial charge in [-0.1, -0.05) is 13.8 Å². The molecule has 0 fully saturated rings. The molecule has 0 aliphatic heterocycles. The third-order valence-corrected chi connectivity index (χ3v) is 28.5. The van der Waals surface area contributed by atoms with E-state index in [1.807, 2.05) is 0 Å². The van der Waals surface area contributed by atoms with Gasteiger partial charge in [0.05, 0.1) is 55.5 Å². The first-order valence-corrected chi connectivity index (χ1v) is 37.3. The summed E-state index contributed by atoms with van der Waals surface area (Å²) in [5, 5.41) is 87.8. The maximum atomic E-state index is 14.4. The molecule has 12 atom stereocenters. The van der Waals surface area contributed by atoms with Gasteiger partial charge in [0.2, 0.25) is 0 Å². The highest BCUT2D eigenvalue weighted by Crippen LogP contribution is 2.54. The Kier molecular flexibility index (Phi) is 17.1. The number of nitrogens with zero attached hydrogens (tertiary/aromatic N) is 9. The van der Waals surface area contributed by atoms with Crippen LogP contribution in [0.4, 0.5) is 31.4 Å². The van der Waals surface area contributed by atoms with E-state index in [0.717, 1.165) is 115 Å². The van der Waals surface area contributed by atoms with Crippen molar-refractivity contribution >= 4 is 109 Å². The molecule has 6 amide bonds. The Bertz CT molecular complexity index is 4440. The van der Waals surface area contributed by atoms with Gasteiger partial charge in [-0.3, -0.25) is 15.0 Å². The van der Waals surface area contributed by atoms with Gasteiger partial charge in [0, 0.05) is 55.4 Å². The van der Waals surface area contributed by atoms with Crippen molar-refractivity contribution in [1.29, 1.82) is 0 Å². The molecule has 3 radical (unpaired) electrons. The van der Waals surface area contributed by atoms with Crippen LogP contribution in [0.1, 0.15) is 155 Å². The van der Waals surface area contributed by atoms with Gasteiger partial charge in [0.25, 0.3) is 0 Å². The number of carbonyl (C=O) groups excluding carboxylic acids is 3. The van der Waals surface area contributed by atoms with Crippen LogP contribution in [0.25, 0.3) is 0 Å². The molecule has 0 aromatic carbocycles. The number of nitrogens with two attached hydrogens (primary N) is 3. The van der Waals surface area contributed by atoms with Gasteiger partial charge in [-0.05, 0) is 161 Å². The molecule has 6 aliphatic rings. The number of anilines is 3. The summed E-state index contributed by atoms with van der Waals surface area (Å²) in [5.74, 6) is -0.252. The molecule has 10 unspecified atom stereocenters. The Hall–Kier alpha value is -5.54. The van der Waals surface area contributed by atoms with Crippen LogP contribution in [0.5, 0.6) is 0 Å². The van der Waals surface area contributed by atoms with Crippen LogP contribution < -0.4 is 31.4 Å². The van der Waals surface area contributed by atoms with Crippen molar-refractivity contribution in [3.63, 3.8) is 0 Å². The minimum Gasteiger partial charge on any atom is -0.393 e. The number of hydrogen-bond acceptors (Lipinski definition) is 21. The van der Waals surface area contributed by atoms with Gasteiger partial charge in [-0.25, -0.2) is 57.4 Å². The van der Waals surface area contributed by atoms with Crippen molar-refractivity contribution in [1.82, 2.24) is 29.9 Å². The molecular weight excluding hydrogens is 1310 g/mol. The summed E-state index contributed by atoms with van der Waals surface area (Å²) in [6.07, 6.45) is 11.5. The van der Waals surface area contributed by atoms with Crippen LogP contribution >= 0.6 is 34.0 Å². The topological polar surface area (TPSA) is 452 Å². The van der Waals surface area contributed by atoms with Crippen molar-refractivity contribution in [2.75, 3.05) is 35.8 Å². The molecule has 0 saturated carbocycles. The Labute approximate surface area is 540 Å². The van der Waals surface area contributed by atoms with Gasteiger partial charge in [-0.2, -0.15) is 0 Å². The van der Waals surface area contributed by atoms with Crippen molar-refractivity contribution in [3.05, 3.63) is 101 Å². The second kappa shape index (κ2) is 23.7. The lowest BCUT2D eigenvalue weighted by Crippen LogP contribution is -2.35. The molecule has 15 N–H and O–H groups in total. The lowest BCUT2D eigenvalue weighted by molar-refractivity contribution is -0.00255. The Balaban J connectivity index is 0.840. The molecule has 27 nitrogen and oxygen atoms in total. The van der Waals surface area contributed by atoms with E-state index in [-0.39, 0.29) is 57.2 Å². The number of urea groups is 3. The van der Waals surface area contributed by atoms with Crippen molar-refractivity contribution in [2.24, 2.45) is 46.3 Å². The monoisotopic (exact) mass is 1380 g/mol. The number of aromatic nitrogens is 6. The zero-order chi connectivity index (χ0) is 65.3. The molecule has 6 aromatic heterocycles. The van der Waals surface area contributed by atoms with Crippen LogP contribution in [0.2, 0.25) is 0 Å². The molecule has 91 heavy (non-hydrogen) atoms. The SMILES string of the molecule is CC1CCc2c1nc1c(c2NC(=O)N=S(N)(=O)c2cnc(C(C)(O)CO)s2)CC(C2Cc3c(nc4c(c3NC(=O)N=S(N)(=O)c3cnc([C@](C)(O)CO)s3)CC(CC3CCc5c3nc3c(c5NC(=O)N=S(N)(=O)c5cnc(C(C)(O)CO)s5)CCC3)C4)[C@]2(C)[Si])C1. The summed E-state index contributed by atoms with van der Waals surface area (Å²) in [7, 11) is -7.35. The van der Waals surface area contributed by atoms with Crippen LogP contribution in [0, 0.1) is 17.8 Å². The molecule has 6 aromatic rings. The van der Waals surface area contributed by atoms with Crippen molar-refractivity contribution in [2.45, 2.75) is 164 Å². The number of nitrogens with one attached hydrogen (secondary N) is 3. The minimum absolute atomic E-state index is 0.00487. The molecule has 0 bridgehead atoms. The number of hydrogen-bond donors (Lipinski definition) is 12. The lowest BCUT2D eigenvalue weighted by atomic mass is 9.81. The van der Waals surface area contributed by atoms with Crippen molar-refractivity contribution in [3.8, 4) is 0 Å². The third-order valence-electron chi connectivity index (χ3n) is 18.5. The second-order valence-corrected chi connectivity index (χ2v) is 35.7. The van der Waals surface area contributed by atoms with Gasteiger partial charge in [-0.15, -0.1) is 47.1 Å². The standard InChI is InChI=1S/C57H70N15O12S6Si/c1-25-9-11-30-42(25)65-38-17-28(16-33(38)45(30)68-52(77)71-89(59,83)40-20-62-49(86-40)55(3,80)23-74)35-18-34-46(69-53(78)72-90(60,84)41-21-63-50(87-41)56(4,81)24-75)32-14-26(15-37(32)66-47(34)57(35,5)91)13-27-10-12-31-43(27)64-36-8-6-7-29(36)44(31)67-51(76)70-88(58,82)39-19-61-48(85-39)54(2,79)22-73/h19-21,25-28,35,73-75,79-81H,6-18,22-24H2,1-5H3,(H3,58,64,67,70,76,82)(H3,59,65,68,71,77,83)(H3,60,66,69,72,78,84)/t25?,26?,27?,28?,35?,54?,55?,56-,57-,88?,89?,90?/m1/s1. The highest BCUT2D eigenvalue weighted by atomic mass is 32.2. The maximum Gasteiger partial charge on any atom is 0.354 e. The normalized spacial score (nSPS) is 25.0.